The molecule has 9 nitrogen and oxygen atoms in total. The van der Waals surface area contributed by atoms with Crippen LogP contribution in [0.3, 0.4) is 0 Å². The van der Waals surface area contributed by atoms with Gasteiger partial charge in [0.15, 0.2) is 5.82 Å². The van der Waals surface area contributed by atoms with Crippen LogP contribution in [0.2, 0.25) is 0 Å². The summed E-state index contributed by atoms with van der Waals surface area (Å²) in [5.74, 6) is 0.539. The van der Waals surface area contributed by atoms with Crippen molar-refractivity contribution < 1.29 is 14.5 Å². The van der Waals surface area contributed by atoms with E-state index in [-0.39, 0.29) is 11.4 Å². The van der Waals surface area contributed by atoms with Crippen molar-refractivity contribution in [1.82, 2.24) is 15.2 Å². The van der Waals surface area contributed by atoms with E-state index in [1.54, 1.807) is 13.0 Å². The average molecular weight is 413 g/mol. The van der Waals surface area contributed by atoms with Crippen molar-refractivity contribution >= 4 is 29.0 Å². The SMILES string of the molecule is COc1ccc(NC(=O)[C@H](C)Sc2n[nH]c(-c3ccc(C)cc3)n2)c([N+](=O)[O-])c1. The number of nitro benzene ring substituents is 1. The molecule has 1 heterocycles. The lowest BCUT2D eigenvalue weighted by Gasteiger charge is -2.11. The van der Waals surface area contributed by atoms with Crippen LogP contribution in [0.15, 0.2) is 47.6 Å². The number of hydrogen-bond acceptors (Lipinski definition) is 7. The lowest BCUT2D eigenvalue weighted by molar-refractivity contribution is -0.384. The molecule has 0 bridgehead atoms. The van der Waals surface area contributed by atoms with Gasteiger partial charge in [-0.05, 0) is 26.0 Å². The van der Waals surface area contributed by atoms with E-state index in [4.69, 9.17) is 4.74 Å². The molecular weight excluding hydrogens is 394 g/mol. The lowest BCUT2D eigenvalue weighted by Crippen LogP contribution is -2.23. The predicted molar refractivity (Wildman–Crippen MR) is 110 cm³/mol. The summed E-state index contributed by atoms with van der Waals surface area (Å²) in [5.41, 5.74) is 1.89. The third kappa shape index (κ3) is 4.91. The van der Waals surface area contributed by atoms with Crippen LogP contribution in [-0.2, 0) is 4.79 Å². The van der Waals surface area contributed by atoms with Crippen molar-refractivity contribution in [1.29, 1.82) is 0 Å². The normalized spacial score (nSPS) is 11.7. The first-order chi connectivity index (χ1) is 13.9. The maximum atomic E-state index is 12.5. The number of carbonyl (C=O) groups excluding carboxylic acids is 1. The molecule has 0 fully saturated rings. The number of hydrogen-bond donors (Lipinski definition) is 2. The third-order valence-electron chi connectivity index (χ3n) is 4.10. The van der Waals surface area contributed by atoms with E-state index in [0.29, 0.717) is 16.7 Å². The molecule has 29 heavy (non-hydrogen) atoms. The summed E-state index contributed by atoms with van der Waals surface area (Å²) in [6.07, 6.45) is 0. The molecule has 0 spiro atoms. The van der Waals surface area contributed by atoms with E-state index in [0.717, 1.165) is 22.9 Å². The Morgan fingerprint density at radius 2 is 2.00 bits per heavy atom. The molecule has 0 unspecified atom stereocenters. The molecule has 1 atom stereocenters. The first kappa shape index (κ1) is 20.3. The zero-order valence-corrected chi connectivity index (χ0v) is 16.8. The number of nitro groups is 1. The average Bonchev–Trinajstić information content (AvgIpc) is 3.17. The molecule has 3 aromatic rings. The molecule has 0 saturated heterocycles. The van der Waals surface area contributed by atoms with Crippen LogP contribution in [0.25, 0.3) is 11.4 Å². The van der Waals surface area contributed by atoms with E-state index in [1.165, 1.54) is 19.2 Å². The van der Waals surface area contributed by atoms with Crippen molar-refractivity contribution in [2.75, 3.05) is 12.4 Å². The van der Waals surface area contributed by atoms with E-state index in [2.05, 4.69) is 20.5 Å². The van der Waals surface area contributed by atoms with Gasteiger partial charge in [0.1, 0.15) is 11.4 Å². The number of carbonyl (C=O) groups is 1. The number of aromatic amines is 1. The van der Waals surface area contributed by atoms with Crippen molar-refractivity contribution in [3.63, 3.8) is 0 Å². The van der Waals surface area contributed by atoms with Crippen molar-refractivity contribution in [2.24, 2.45) is 0 Å². The van der Waals surface area contributed by atoms with Gasteiger partial charge in [0.25, 0.3) is 5.69 Å². The molecule has 2 N–H and O–H groups in total. The molecule has 10 heteroatoms. The van der Waals surface area contributed by atoms with Crippen LogP contribution in [0.1, 0.15) is 12.5 Å². The molecule has 0 aliphatic heterocycles. The Morgan fingerprint density at radius 1 is 1.28 bits per heavy atom. The van der Waals surface area contributed by atoms with Gasteiger partial charge in [-0.1, -0.05) is 41.6 Å². The Kier molecular flexibility index (Phi) is 6.13. The molecule has 0 radical (unpaired) electrons. The van der Waals surface area contributed by atoms with Crippen LogP contribution in [-0.4, -0.2) is 38.4 Å². The van der Waals surface area contributed by atoms with Gasteiger partial charge >= 0.3 is 0 Å². The highest BCUT2D eigenvalue weighted by Gasteiger charge is 2.22. The molecule has 3 rings (SSSR count). The van der Waals surface area contributed by atoms with Crippen LogP contribution < -0.4 is 10.1 Å². The fourth-order valence-electron chi connectivity index (χ4n) is 2.48. The Hall–Kier alpha value is -3.40. The number of nitrogens with zero attached hydrogens (tertiary/aromatic N) is 3. The van der Waals surface area contributed by atoms with E-state index in [1.807, 2.05) is 31.2 Å². The highest BCUT2D eigenvalue weighted by atomic mass is 32.2. The first-order valence-corrected chi connectivity index (χ1v) is 9.54. The van der Waals surface area contributed by atoms with Gasteiger partial charge < -0.3 is 10.1 Å². The summed E-state index contributed by atoms with van der Waals surface area (Å²) < 4.78 is 5.00. The standard InChI is InChI=1S/C19H19N5O4S/c1-11-4-6-13(7-5-11)17-21-19(23-22-17)29-12(2)18(25)20-15-9-8-14(28-3)10-16(15)24(26)27/h4-10,12H,1-3H3,(H,20,25)(H,21,22,23)/t12-/m0/s1. The topological polar surface area (TPSA) is 123 Å². The minimum absolute atomic E-state index is 0.101. The lowest BCUT2D eigenvalue weighted by atomic mass is 10.1. The highest BCUT2D eigenvalue weighted by Crippen LogP contribution is 2.30. The number of rotatable bonds is 7. The van der Waals surface area contributed by atoms with Crippen molar-refractivity contribution in [3.05, 3.63) is 58.1 Å². The van der Waals surface area contributed by atoms with Gasteiger partial charge in [0, 0.05) is 5.56 Å². The Balaban J connectivity index is 1.69. The molecule has 150 valence electrons. The predicted octanol–water partition coefficient (Wildman–Crippen LogP) is 3.82. The number of thioether (sulfide) groups is 1. The van der Waals surface area contributed by atoms with Crippen LogP contribution in [0.5, 0.6) is 5.75 Å². The number of aryl methyl sites for hydroxylation is 1. The maximum Gasteiger partial charge on any atom is 0.296 e. The van der Waals surface area contributed by atoms with E-state index < -0.39 is 16.1 Å². The van der Waals surface area contributed by atoms with E-state index in [9.17, 15) is 14.9 Å². The monoisotopic (exact) mass is 413 g/mol. The number of anilines is 1. The summed E-state index contributed by atoms with van der Waals surface area (Å²) >= 11 is 1.15. The second-order valence-electron chi connectivity index (χ2n) is 6.22. The third-order valence-corrected chi connectivity index (χ3v) is 5.06. The number of nitrogens with one attached hydrogen (secondary N) is 2. The smallest absolute Gasteiger partial charge is 0.296 e. The number of ether oxygens (including phenoxy) is 1. The maximum absolute atomic E-state index is 12.5. The van der Waals surface area contributed by atoms with Gasteiger partial charge in [-0.2, -0.15) is 0 Å². The van der Waals surface area contributed by atoms with Crippen LogP contribution in [0, 0.1) is 17.0 Å². The van der Waals surface area contributed by atoms with Gasteiger partial charge in [-0.3, -0.25) is 20.0 Å². The van der Waals surface area contributed by atoms with Crippen molar-refractivity contribution in [2.45, 2.75) is 24.3 Å². The molecule has 1 aromatic heterocycles. The minimum Gasteiger partial charge on any atom is -0.496 e. The summed E-state index contributed by atoms with van der Waals surface area (Å²) in [4.78, 5) is 27.6. The number of benzene rings is 2. The van der Waals surface area contributed by atoms with Gasteiger partial charge in [-0.25, -0.2) is 4.98 Å². The second-order valence-corrected chi connectivity index (χ2v) is 7.53. The molecule has 0 aliphatic rings. The fourth-order valence-corrected chi connectivity index (χ4v) is 3.21. The Labute approximate surface area is 171 Å². The summed E-state index contributed by atoms with van der Waals surface area (Å²) in [6, 6.07) is 12.1. The molecular formula is C19H19N5O4S. The van der Waals surface area contributed by atoms with Gasteiger partial charge in [0.05, 0.1) is 23.3 Å². The number of amides is 1. The largest absolute Gasteiger partial charge is 0.496 e. The number of aromatic nitrogens is 3. The highest BCUT2D eigenvalue weighted by molar-refractivity contribution is 8.00. The zero-order valence-electron chi connectivity index (χ0n) is 16.0. The van der Waals surface area contributed by atoms with Crippen molar-refractivity contribution in [3.8, 4) is 17.1 Å². The van der Waals surface area contributed by atoms with Crippen LogP contribution in [0.4, 0.5) is 11.4 Å². The summed E-state index contributed by atoms with van der Waals surface area (Å²) in [5, 5.41) is 20.7. The summed E-state index contributed by atoms with van der Waals surface area (Å²) in [6.45, 7) is 3.68. The molecule has 0 aliphatic carbocycles. The van der Waals surface area contributed by atoms with Gasteiger partial charge in [0.2, 0.25) is 11.1 Å². The number of H-pyrrole nitrogens is 1. The molecule has 0 saturated carbocycles. The zero-order chi connectivity index (χ0) is 21.0. The Bertz CT molecular complexity index is 1040. The van der Waals surface area contributed by atoms with Crippen LogP contribution >= 0.6 is 11.8 Å². The molecule has 2 aromatic carbocycles. The molecule has 1 amide bonds. The van der Waals surface area contributed by atoms with E-state index >= 15 is 0 Å². The minimum atomic E-state index is -0.571. The van der Waals surface area contributed by atoms with Gasteiger partial charge in [-0.15, -0.1) is 5.10 Å². The Morgan fingerprint density at radius 3 is 2.66 bits per heavy atom. The number of methoxy groups -OCH3 is 1. The summed E-state index contributed by atoms with van der Waals surface area (Å²) in [7, 11) is 1.41. The second kappa shape index (κ2) is 8.74. The fraction of sp³-hybridized carbons (Fsp3) is 0.211. The quantitative estimate of drug-likeness (QED) is 0.343. The first-order valence-electron chi connectivity index (χ1n) is 8.66.